The Morgan fingerprint density at radius 3 is 2.42 bits per heavy atom. The second-order valence-electron chi connectivity index (χ2n) is 8.67. The molecule has 2 aromatic rings. The molecule has 0 spiro atoms. The fourth-order valence-corrected chi connectivity index (χ4v) is 6.27. The average Bonchev–Trinajstić information content (AvgIpc) is 3.47. The van der Waals surface area contributed by atoms with Crippen molar-refractivity contribution in [3.05, 3.63) is 34.1 Å². The SMILES string of the molecule is CC1CCN(S(=O)(=O)c2ccc(Sc3nnc(C(C)C)n3C3CC3)c([N+](=O)[O-])c2)CC1. The van der Waals surface area contributed by atoms with Gasteiger partial charge in [-0.05, 0) is 55.5 Å². The molecule has 0 unspecified atom stereocenters. The van der Waals surface area contributed by atoms with Crippen LogP contribution in [0.15, 0.2) is 33.1 Å². The molecule has 1 aromatic carbocycles. The van der Waals surface area contributed by atoms with E-state index in [0.717, 1.165) is 31.5 Å². The van der Waals surface area contributed by atoms with Gasteiger partial charge in [0.2, 0.25) is 10.0 Å². The molecule has 1 saturated carbocycles. The van der Waals surface area contributed by atoms with Gasteiger partial charge in [0.05, 0.1) is 14.7 Å². The molecule has 0 atom stereocenters. The molecule has 1 aliphatic heterocycles. The maximum Gasteiger partial charge on any atom is 0.284 e. The van der Waals surface area contributed by atoms with Crippen LogP contribution < -0.4 is 0 Å². The second-order valence-corrected chi connectivity index (χ2v) is 11.6. The lowest BCUT2D eigenvalue weighted by molar-refractivity contribution is -0.388. The normalized spacial score (nSPS) is 18.6. The fraction of sp³-hybridized carbons (Fsp3) is 0.600. The number of aromatic nitrogens is 3. The summed E-state index contributed by atoms with van der Waals surface area (Å²) < 4.78 is 29.6. The van der Waals surface area contributed by atoms with Crippen LogP contribution in [0, 0.1) is 16.0 Å². The van der Waals surface area contributed by atoms with Crippen LogP contribution in [-0.4, -0.2) is 45.5 Å². The van der Waals surface area contributed by atoms with Gasteiger partial charge in [0.25, 0.3) is 5.69 Å². The third-order valence-electron chi connectivity index (χ3n) is 5.83. The van der Waals surface area contributed by atoms with Gasteiger partial charge in [0.1, 0.15) is 5.82 Å². The van der Waals surface area contributed by atoms with E-state index in [1.165, 1.54) is 34.3 Å². The van der Waals surface area contributed by atoms with Crippen LogP contribution in [0.25, 0.3) is 0 Å². The highest BCUT2D eigenvalue weighted by molar-refractivity contribution is 7.99. The molecule has 2 aliphatic rings. The number of nitro groups is 1. The quantitative estimate of drug-likeness (QED) is 0.445. The molecule has 168 valence electrons. The maximum absolute atomic E-state index is 13.0. The minimum atomic E-state index is -3.76. The van der Waals surface area contributed by atoms with Gasteiger partial charge in [-0.3, -0.25) is 10.1 Å². The van der Waals surface area contributed by atoms with E-state index in [-0.39, 0.29) is 16.5 Å². The van der Waals surface area contributed by atoms with Crippen LogP contribution in [0.4, 0.5) is 5.69 Å². The van der Waals surface area contributed by atoms with Gasteiger partial charge in [-0.25, -0.2) is 8.42 Å². The lowest BCUT2D eigenvalue weighted by atomic mass is 10.0. The molecule has 2 heterocycles. The summed E-state index contributed by atoms with van der Waals surface area (Å²) in [5, 5.41) is 21.0. The lowest BCUT2D eigenvalue weighted by Gasteiger charge is -2.29. The van der Waals surface area contributed by atoms with Gasteiger partial charge in [-0.1, -0.05) is 20.8 Å². The Hall–Kier alpha value is -1.98. The maximum atomic E-state index is 13.0. The second kappa shape index (κ2) is 8.51. The number of hydrogen-bond donors (Lipinski definition) is 0. The van der Waals surface area contributed by atoms with Crippen molar-refractivity contribution in [3.8, 4) is 0 Å². The van der Waals surface area contributed by atoms with E-state index in [1.54, 1.807) is 0 Å². The van der Waals surface area contributed by atoms with Crippen molar-refractivity contribution in [1.29, 1.82) is 0 Å². The zero-order valence-corrected chi connectivity index (χ0v) is 19.5. The smallest absolute Gasteiger partial charge is 0.284 e. The highest BCUT2D eigenvalue weighted by Crippen LogP contribution is 2.43. The average molecular weight is 466 g/mol. The molecule has 9 nitrogen and oxygen atoms in total. The molecule has 1 saturated heterocycles. The minimum Gasteiger partial charge on any atom is -0.302 e. The predicted octanol–water partition coefficient (Wildman–Crippen LogP) is 4.22. The Bertz CT molecular complexity index is 1090. The van der Waals surface area contributed by atoms with E-state index in [2.05, 4.69) is 21.7 Å². The molecular weight excluding hydrogens is 438 g/mol. The van der Waals surface area contributed by atoms with Crippen molar-refractivity contribution < 1.29 is 13.3 Å². The van der Waals surface area contributed by atoms with E-state index in [9.17, 15) is 18.5 Å². The molecule has 11 heteroatoms. The van der Waals surface area contributed by atoms with Crippen LogP contribution in [0.3, 0.4) is 0 Å². The first kappa shape index (κ1) is 22.2. The van der Waals surface area contributed by atoms with E-state index in [4.69, 9.17) is 0 Å². The number of benzene rings is 1. The molecule has 0 amide bonds. The van der Waals surface area contributed by atoms with Crippen LogP contribution in [0.2, 0.25) is 0 Å². The van der Waals surface area contributed by atoms with Crippen molar-refractivity contribution in [2.45, 2.75) is 73.4 Å². The molecule has 0 radical (unpaired) electrons. The largest absolute Gasteiger partial charge is 0.302 e. The van der Waals surface area contributed by atoms with Crippen molar-refractivity contribution in [1.82, 2.24) is 19.1 Å². The van der Waals surface area contributed by atoms with Gasteiger partial charge in [0, 0.05) is 31.1 Å². The minimum absolute atomic E-state index is 0.0374. The molecule has 2 fully saturated rings. The van der Waals surface area contributed by atoms with Gasteiger partial charge in [-0.2, -0.15) is 4.31 Å². The van der Waals surface area contributed by atoms with Gasteiger partial charge < -0.3 is 4.57 Å². The van der Waals surface area contributed by atoms with Gasteiger partial charge in [-0.15, -0.1) is 10.2 Å². The number of nitrogens with zero attached hydrogens (tertiary/aromatic N) is 5. The monoisotopic (exact) mass is 465 g/mol. The number of sulfonamides is 1. The van der Waals surface area contributed by atoms with Gasteiger partial charge >= 0.3 is 0 Å². The number of piperidine rings is 1. The topological polar surface area (TPSA) is 111 Å². The third-order valence-corrected chi connectivity index (χ3v) is 8.75. The summed E-state index contributed by atoms with van der Waals surface area (Å²) >= 11 is 1.17. The molecule has 31 heavy (non-hydrogen) atoms. The first-order chi connectivity index (χ1) is 14.7. The van der Waals surface area contributed by atoms with Crippen molar-refractivity contribution in [2.24, 2.45) is 5.92 Å². The summed E-state index contributed by atoms with van der Waals surface area (Å²) in [6.45, 7) is 7.07. The molecule has 0 bridgehead atoms. The molecule has 1 aromatic heterocycles. The Morgan fingerprint density at radius 1 is 1.16 bits per heavy atom. The highest BCUT2D eigenvalue weighted by Gasteiger charge is 2.33. The third kappa shape index (κ3) is 4.49. The summed E-state index contributed by atoms with van der Waals surface area (Å²) in [5.74, 6) is 1.54. The first-order valence-corrected chi connectivity index (χ1v) is 12.9. The highest BCUT2D eigenvalue weighted by atomic mass is 32.2. The molecule has 1 aliphatic carbocycles. The molecular formula is C20H27N5O4S2. The molecule has 4 rings (SSSR count). The van der Waals surface area contributed by atoms with Gasteiger partial charge in [0.15, 0.2) is 5.16 Å². The Labute approximate surface area is 186 Å². The summed E-state index contributed by atoms with van der Waals surface area (Å²) in [5.41, 5.74) is -0.229. The van der Waals surface area contributed by atoms with E-state index in [1.807, 2.05) is 13.8 Å². The number of hydrogen-bond acceptors (Lipinski definition) is 7. The Morgan fingerprint density at radius 2 is 1.84 bits per heavy atom. The zero-order chi connectivity index (χ0) is 22.3. The zero-order valence-electron chi connectivity index (χ0n) is 17.9. The Kier molecular flexibility index (Phi) is 6.10. The van der Waals surface area contributed by atoms with Crippen LogP contribution in [-0.2, 0) is 10.0 Å². The van der Waals surface area contributed by atoms with E-state index in [0.29, 0.717) is 35.1 Å². The predicted molar refractivity (Wildman–Crippen MR) is 117 cm³/mol. The van der Waals surface area contributed by atoms with Crippen molar-refractivity contribution >= 4 is 27.5 Å². The van der Waals surface area contributed by atoms with Crippen LogP contribution in [0.1, 0.15) is 64.2 Å². The summed E-state index contributed by atoms with van der Waals surface area (Å²) in [4.78, 5) is 11.6. The van der Waals surface area contributed by atoms with Crippen molar-refractivity contribution in [3.63, 3.8) is 0 Å². The van der Waals surface area contributed by atoms with Crippen LogP contribution in [0.5, 0.6) is 0 Å². The summed E-state index contributed by atoms with van der Waals surface area (Å²) in [6, 6.07) is 4.49. The standard InChI is InChI=1S/C20H27N5O4S2/c1-13(2)19-21-22-20(24(19)15-4-5-15)30-18-7-6-16(12-17(18)25(26)27)31(28,29)23-10-8-14(3)9-11-23/h6-7,12-15H,4-5,8-11H2,1-3H3. The summed E-state index contributed by atoms with van der Waals surface area (Å²) in [7, 11) is -3.76. The Balaban J connectivity index is 1.66. The number of nitro benzene ring substituents is 1. The lowest BCUT2D eigenvalue weighted by Crippen LogP contribution is -2.37. The van der Waals surface area contributed by atoms with E-state index >= 15 is 0 Å². The van der Waals surface area contributed by atoms with E-state index < -0.39 is 14.9 Å². The number of rotatable bonds is 7. The fourth-order valence-electron chi connectivity index (χ4n) is 3.79. The summed E-state index contributed by atoms with van der Waals surface area (Å²) in [6.07, 6.45) is 3.67. The van der Waals surface area contributed by atoms with Crippen LogP contribution >= 0.6 is 11.8 Å². The van der Waals surface area contributed by atoms with Crippen molar-refractivity contribution in [2.75, 3.05) is 13.1 Å². The molecule has 0 N–H and O–H groups in total. The first-order valence-electron chi connectivity index (χ1n) is 10.6.